The van der Waals surface area contributed by atoms with Crippen molar-refractivity contribution in [2.75, 3.05) is 33.5 Å². The average molecular weight is 332 g/mol. The van der Waals surface area contributed by atoms with Gasteiger partial charge in [-0.1, -0.05) is 41.5 Å². The molecule has 4 atom stereocenters. The zero-order chi connectivity index (χ0) is 17.4. The Hall–Kier alpha value is -0.200. The highest BCUT2D eigenvalue weighted by Crippen LogP contribution is 2.28. The maximum Gasteiger partial charge on any atom is 0.186 e. The van der Waals surface area contributed by atoms with E-state index < -0.39 is 6.29 Å². The highest BCUT2D eigenvalue weighted by Gasteiger charge is 2.46. The van der Waals surface area contributed by atoms with Gasteiger partial charge in [0, 0.05) is 26.9 Å². The van der Waals surface area contributed by atoms with E-state index >= 15 is 0 Å². The molecular formula is C18H36O5. The summed E-state index contributed by atoms with van der Waals surface area (Å²) in [5, 5.41) is 0. The Kier molecular flexibility index (Phi) is 9.63. The summed E-state index contributed by atoms with van der Waals surface area (Å²) in [6.07, 6.45) is -0.935. The molecule has 0 aromatic carbocycles. The molecule has 138 valence electrons. The van der Waals surface area contributed by atoms with Gasteiger partial charge in [0.05, 0.1) is 6.61 Å². The van der Waals surface area contributed by atoms with Crippen LogP contribution in [-0.2, 0) is 23.7 Å². The summed E-state index contributed by atoms with van der Waals surface area (Å²) in [6, 6.07) is 0. The van der Waals surface area contributed by atoms with Gasteiger partial charge in [-0.25, -0.2) is 0 Å². The molecule has 0 radical (unpaired) electrons. The van der Waals surface area contributed by atoms with Gasteiger partial charge < -0.3 is 23.7 Å². The second kappa shape index (κ2) is 10.6. The van der Waals surface area contributed by atoms with Crippen molar-refractivity contribution < 1.29 is 23.7 Å². The molecule has 0 amide bonds. The van der Waals surface area contributed by atoms with Gasteiger partial charge in [-0.3, -0.25) is 0 Å². The highest BCUT2D eigenvalue weighted by atomic mass is 16.7. The molecule has 0 aromatic heterocycles. The van der Waals surface area contributed by atoms with Crippen LogP contribution in [0.5, 0.6) is 0 Å². The molecule has 0 aliphatic carbocycles. The monoisotopic (exact) mass is 332 g/mol. The maximum absolute atomic E-state index is 6.10. The van der Waals surface area contributed by atoms with E-state index in [1.165, 1.54) is 0 Å². The molecule has 1 fully saturated rings. The van der Waals surface area contributed by atoms with Crippen molar-refractivity contribution in [1.82, 2.24) is 0 Å². The van der Waals surface area contributed by atoms with Crippen LogP contribution in [0, 0.1) is 17.8 Å². The molecule has 5 heteroatoms. The molecule has 0 bridgehead atoms. The molecule has 0 aromatic rings. The van der Waals surface area contributed by atoms with Gasteiger partial charge in [0.2, 0.25) is 0 Å². The number of hydrogen-bond donors (Lipinski definition) is 0. The molecule has 0 saturated carbocycles. The van der Waals surface area contributed by atoms with E-state index in [1.54, 1.807) is 7.11 Å². The first-order chi connectivity index (χ1) is 10.8. The number of rotatable bonds is 11. The standard InChI is InChI=1S/C18H36O5/c1-12(2)8-20-11-15-16(21-9-13(3)4)17(18(19-7)23-15)22-10-14(5)6/h12-18H,8-11H2,1-7H3/t15-,16-,17-,18?/m1/s1. The first-order valence-corrected chi connectivity index (χ1v) is 8.84. The van der Waals surface area contributed by atoms with Crippen LogP contribution in [-0.4, -0.2) is 58.1 Å². The quantitative estimate of drug-likeness (QED) is 0.582. The van der Waals surface area contributed by atoms with Gasteiger partial charge in [0.15, 0.2) is 6.29 Å². The van der Waals surface area contributed by atoms with Crippen LogP contribution in [0.1, 0.15) is 41.5 Å². The Morgan fingerprint density at radius 1 is 0.783 bits per heavy atom. The van der Waals surface area contributed by atoms with Crippen molar-refractivity contribution in [3.05, 3.63) is 0 Å². The van der Waals surface area contributed by atoms with Crippen LogP contribution >= 0.6 is 0 Å². The summed E-state index contributed by atoms with van der Waals surface area (Å²) in [4.78, 5) is 0. The van der Waals surface area contributed by atoms with Crippen LogP contribution in [0.15, 0.2) is 0 Å². The van der Waals surface area contributed by atoms with Crippen molar-refractivity contribution in [1.29, 1.82) is 0 Å². The molecule has 0 spiro atoms. The summed E-state index contributed by atoms with van der Waals surface area (Å²) in [5.74, 6) is 1.41. The highest BCUT2D eigenvalue weighted by molar-refractivity contribution is 4.89. The van der Waals surface area contributed by atoms with E-state index in [0.717, 1.165) is 0 Å². The van der Waals surface area contributed by atoms with Gasteiger partial charge in [-0.15, -0.1) is 0 Å². The minimum atomic E-state index is -0.404. The summed E-state index contributed by atoms with van der Waals surface area (Å²) in [5.41, 5.74) is 0. The van der Waals surface area contributed by atoms with E-state index in [4.69, 9.17) is 23.7 Å². The molecule has 1 unspecified atom stereocenters. The fraction of sp³-hybridized carbons (Fsp3) is 1.00. The lowest BCUT2D eigenvalue weighted by molar-refractivity contribution is -0.170. The SMILES string of the molecule is COC1O[C@H](COCC(C)C)[C@@H](OCC(C)C)[C@H]1OCC(C)C. The Labute approximate surface area is 142 Å². The first kappa shape index (κ1) is 20.8. The molecule has 1 saturated heterocycles. The average Bonchev–Trinajstić information content (AvgIpc) is 2.79. The number of hydrogen-bond acceptors (Lipinski definition) is 5. The Morgan fingerprint density at radius 2 is 1.30 bits per heavy atom. The maximum atomic E-state index is 6.10. The third kappa shape index (κ3) is 7.48. The number of methoxy groups -OCH3 is 1. The Bertz CT molecular complexity index is 306. The predicted molar refractivity (Wildman–Crippen MR) is 90.5 cm³/mol. The Balaban J connectivity index is 2.68. The van der Waals surface area contributed by atoms with Crippen LogP contribution in [0.25, 0.3) is 0 Å². The van der Waals surface area contributed by atoms with E-state index in [1.807, 2.05) is 0 Å². The lowest BCUT2D eigenvalue weighted by Crippen LogP contribution is -2.41. The van der Waals surface area contributed by atoms with Gasteiger partial charge in [0.1, 0.15) is 18.3 Å². The zero-order valence-electron chi connectivity index (χ0n) is 15.9. The summed E-state index contributed by atoms with van der Waals surface area (Å²) in [6.45, 7) is 15.4. The molecular weight excluding hydrogens is 296 g/mol. The smallest absolute Gasteiger partial charge is 0.186 e. The summed E-state index contributed by atoms with van der Waals surface area (Å²) >= 11 is 0. The van der Waals surface area contributed by atoms with E-state index in [0.29, 0.717) is 44.2 Å². The molecule has 1 rings (SSSR count). The van der Waals surface area contributed by atoms with Crippen molar-refractivity contribution >= 4 is 0 Å². The molecule has 5 nitrogen and oxygen atoms in total. The minimum absolute atomic E-state index is 0.158. The van der Waals surface area contributed by atoms with Crippen LogP contribution in [0.3, 0.4) is 0 Å². The minimum Gasteiger partial charge on any atom is -0.378 e. The van der Waals surface area contributed by atoms with Gasteiger partial charge in [0.25, 0.3) is 0 Å². The van der Waals surface area contributed by atoms with Crippen molar-refractivity contribution in [2.45, 2.75) is 66.1 Å². The normalized spacial score (nSPS) is 28.4. The largest absolute Gasteiger partial charge is 0.378 e. The van der Waals surface area contributed by atoms with Crippen molar-refractivity contribution in [3.63, 3.8) is 0 Å². The topological polar surface area (TPSA) is 46.2 Å². The Morgan fingerprint density at radius 3 is 1.78 bits per heavy atom. The molecule has 1 heterocycles. The third-order valence-electron chi connectivity index (χ3n) is 3.48. The summed E-state index contributed by atoms with van der Waals surface area (Å²) in [7, 11) is 1.65. The van der Waals surface area contributed by atoms with Gasteiger partial charge >= 0.3 is 0 Å². The van der Waals surface area contributed by atoms with E-state index in [-0.39, 0.29) is 18.3 Å². The first-order valence-electron chi connectivity index (χ1n) is 8.84. The van der Waals surface area contributed by atoms with Crippen LogP contribution < -0.4 is 0 Å². The lowest BCUT2D eigenvalue weighted by atomic mass is 10.1. The van der Waals surface area contributed by atoms with Crippen LogP contribution in [0.4, 0.5) is 0 Å². The predicted octanol–water partition coefficient (Wildman–Crippen LogP) is 3.11. The molecule has 23 heavy (non-hydrogen) atoms. The van der Waals surface area contributed by atoms with Gasteiger partial charge in [-0.2, -0.15) is 0 Å². The third-order valence-corrected chi connectivity index (χ3v) is 3.48. The fourth-order valence-electron chi connectivity index (χ4n) is 2.42. The molecule has 1 aliphatic heterocycles. The van der Waals surface area contributed by atoms with E-state index in [2.05, 4.69) is 41.5 Å². The summed E-state index contributed by atoms with van der Waals surface area (Å²) < 4.78 is 29.4. The second-order valence-corrected chi connectivity index (χ2v) is 7.59. The molecule has 1 aliphatic rings. The van der Waals surface area contributed by atoms with Crippen molar-refractivity contribution in [2.24, 2.45) is 17.8 Å². The van der Waals surface area contributed by atoms with Gasteiger partial charge in [-0.05, 0) is 17.8 Å². The zero-order valence-corrected chi connectivity index (χ0v) is 15.9. The lowest BCUT2D eigenvalue weighted by Gasteiger charge is -2.26. The number of ether oxygens (including phenoxy) is 5. The molecule has 0 N–H and O–H groups in total. The fourth-order valence-corrected chi connectivity index (χ4v) is 2.42. The van der Waals surface area contributed by atoms with Crippen LogP contribution in [0.2, 0.25) is 0 Å². The second-order valence-electron chi connectivity index (χ2n) is 7.59. The van der Waals surface area contributed by atoms with Crippen molar-refractivity contribution in [3.8, 4) is 0 Å². The van der Waals surface area contributed by atoms with E-state index in [9.17, 15) is 0 Å².